The molecule has 60 heavy (non-hydrogen) atoms. The number of aliphatic imine (C=N–C) groups is 1. The monoisotopic (exact) mass is 831 g/mol. The number of halogens is 1. The summed E-state index contributed by atoms with van der Waals surface area (Å²) in [5, 5.41) is 11.7. The van der Waals surface area contributed by atoms with E-state index in [1.807, 2.05) is 65.7 Å². The Morgan fingerprint density at radius 2 is 1.72 bits per heavy atom. The zero-order valence-corrected chi connectivity index (χ0v) is 36.6. The first-order valence-corrected chi connectivity index (χ1v) is 21.3. The van der Waals surface area contributed by atoms with Crippen molar-refractivity contribution in [2.24, 2.45) is 34.1 Å². The molecule has 326 valence electrons. The van der Waals surface area contributed by atoms with Gasteiger partial charge in [-0.05, 0) is 90.4 Å². The number of Topliss-reactive ketones (excluding diaryl/α,β-unsaturated/α-hetero) is 1. The van der Waals surface area contributed by atoms with E-state index in [0.717, 1.165) is 5.71 Å². The number of amides is 1. The van der Waals surface area contributed by atoms with Crippen molar-refractivity contribution in [2.75, 3.05) is 27.2 Å². The van der Waals surface area contributed by atoms with E-state index < -0.39 is 77.2 Å². The zero-order chi connectivity index (χ0) is 43.7. The standard InChI is InChI=1S/C47H62FN3O9/c1-11-37-47(8)41-29(4)38(49-21-22-51(41)45(55)60-47)27(2)26-46(7,20-14-16-32-15-12-18-34(24-32)57-35-19-13-17-33(48)25-35)42(30(5)39(52)31(6)43(54)58-37)59-44-40(53)36(50(9)10)23-28(3)56-44/h12-13,15,17-19,24-25,27-31,36-37,40-42,44,53H,11,20-23,26H2,1-10H3/t27-,28-,29+,30+,31-,36+,37-,40-,41-,42-,44+,46+,47-/m1/s1. The summed E-state index contributed by atoms with van der Waals surface area (Å²) in [6.07, 6.45) is -2.97. The molecule has 3 saturated heterocycles. The van der Waals surface area contributed by atoms with Crippen molar-refractivity contribution in [1.29, 1.82) is 0 Å². The van der Waals surface area contributed by atoms with Crippen molar-refractivity contribution in [1.82, 2.24) is 9.80 Å². The van der Waals surface area contributed by atoms with Gasteiger partial charge >= 0.3 is 12.1 Å². The number of aliphatic hydroxyl groups excluding tert-OH is 1. The Morgan fingerprint density at radius 1 is 1.02 bits per heavy atom. The van der Waals surface area contributed by atoms with Crippen LogP contribution in [0.1, 0.15) is 86.6 Å². The number of carbonyl (C=O) groups excluding carboxylic acids is 3. The summed E-state index contributed by atoms with van der Waals surface area (Å²) >= 11 is 0. The van der Waals surface area contributed by atoms with Crippen LogP contribution in [0, 0.1) is 46.7 Å². The number of likely N-dealkylation sites (N-methyl/N-ethyl adjacent to an activating group) is 1. The maximum Gasteiger partial charge on any atom is 0.410 e. The Morgan fingerprint density at radius 3 is 2.40 bits per heavy atom. The Bertz CT molecular complexity index is 2000. The minimum Gasteiger partial charge on any atom is -0.458 e. The quantitative estimate of drug-likeness (QED) is 0.176. The Balaban J connectivity index is 1.44. The van der Waals surface area contributed by atoms with Crippen molar-refractivity contribution in [3.8, 4) is 23.3 Å². The molecule has 13 atom stereocenters. The van der Waals surface area contributed by atoms with Crippen LogP contribution in [0.15, 0.2) is 53.5 Å². The summed E-state index contributed by atoms with van der Waals surface area (Å²) in [5.41, 5.74) is -0.571. The lowest BCUT2D eigenvalue weighted by Gasteiger charge is -2.47. The number of aliphatic hydroxyl groups is 1. The number of ketones is 1. The number of nitrogens with zero attached hydrogens (tertiary/aromatic N) is 3. The number of ether oxygens (including phenoxy) is 5. The van der Waals surface area contributed by atoms with Crippen LogP contribution in [0.4, 0.5) is 9.18 Å². The van der Waals surface area contributed by atoms with Gasteiger partial charge in [-0.25, -0.2) is 9.18 Å². The second-order valence-corrected chi connectivity index (χ2v) is 18.0. The molecule has 1 N–H and O–H groups in total. The van der Waals surface area contributed by atoms with Crippen molar-refractivity contribution in [2.45, 2.75) is 129 Å². The molecule has 3 fully saturated rings. The molecule has 0 saturated carbocycles. The molecule has 4 aliphatic heterocycles. The summed E-state index contributed by atoms with van der Waals surface area (Å²) in [5.74, 6) is 3.43. The molecule has 0 radical (unpaired) electrons. The van der Waals surface area contributed by atoms with E-state index in [1.165, 1.54) is 12.1 Å². The molecular formula is C47H62FN3O9. The van der Waals surface area contributed by atoms with Gasteiger partial charge in [0.05, 0.1) is 24.8 Å². The summed E-state index contributed by atoms with van der Waals surface area (Å²) < 4.78 is 45.4. The number of cyclic esters (lactones) is 1. The maximum absolute atomic E-state index is 14.7. The first-order chi connectivity index (χ1) is 28.4. The summed E-state index contributed by atoms with van der Waals surface area (Å²) in [7, 11) is 3.80. The highest BCUT2D eigenvalue weighted by atomic mass is 19.1. The van der Waals surface area contributed by atoms with Gasteiger partial charge in [0.2, 0.25) is 0 Å². The fraction of sp³-hybridized carbons (Fsp3) is 0.617. The molecule has 0 unspecified atom stereocenters. The number of benzene rings is 2. The van der Waals surface area contributed by atoms with Crippen molar-refractivity contribution in [3.05, 3.63) is 59.9 Å². The van der Waals surface area contributed by atoms with E-state index in [2.05, 4.69) is 18.8 Å². The average molecular weight is 832 g/mol. The van der Waals surface area contributed by atoms with Crippen LogP contribution in [0.5, 0.6) is 11.5 Å². The van der Waals surface area contributed by atoms with Crippen LogP contribution in [0.2, 0.25) is 0 Å². The van der Waals surface area contributed by atoms with Gasteiger partial charge in [0.1, 0.15) is 35.4 Å². The SMILES string of the molecule is CC[C@H]1OC(=O)[C@H](C)C(=O)[C@H](C)[C@@H](O[C@@H]2O[C@H](C)C[C@H](N(C)C)[C@H]2O)[C@@](C)(CC#Cc2cccc(Oc3cccc(F)c3)c2)C[C@@H](C)C2=NCCN3C(=O)O[C@@]1(C)[C@H]3[C@H]2C. The van der Waals surface area contributed by atoms with Gasteiger partial charge in [0, 0.05) is 53.6 Å². The largest absolute Gasteiger partial charge is 0.458 e. The second kappa shape index (κ2) is 18.3. The second-order valence-electron chi connectivity index (χ2n) is 18.0. The highest BCUT2D eigenvalue weighted by Crippen LogP contribution is 2.46. The van der Waals surface area contributed by atoms with Gasteiger partial charge in [-0.1, -0.05) is 58.6 Å². The van der Waals surface area contributed by atoms with E-state index in [9.17, 15) is 23.9 Å². The molecule has 4 heterocycles. The summed E-state index contributed by atoms with van der Waals surface area (Å²) in [6, 6.07) is 12.3. The molecule has 0 aromatic heterocycles. The van der Waals surface area contributed by atoms with E-state index in [-0.39, 0.29) is 30.4 Å². The maximum atomic E-state index is 14.7. The van der Waals surface area contributed by atoms with E-state index >= 15 is 0 Å². The third-order valence-corrected chi connectivity index (χ3v) is 13.1. The van der Waals surface area contributed by atoms with E-state index in [4.69, 9.17) is 28.7 Å². The number of rotatable bonds is 7. The van der Waals surface area contributed by atoms with Crippen LogP contribution < -0.4 is 4.74 Å². The fourth-order valence-electron chi connectivity index (χ4n) is 10.1. The lowest BCUT2D eigenvalue weighted by atomic mass is 9.66. The first kappa shape index (κ1) is 45.2. The van der Waals surface area contributed by atoms with E-state index in [0.29, 0.717) is 49.4 Å². The van der Waals surface area contributed by atoms with Crippen LogP contribution in [0.3, 0.4) is 0 Å². The van der Waals surface area contributed by atoms with Gasteiger partial charge < -0.3 is 33.7 Å². The molecule has 6 rings (SSSR count). The number of hydrogen-bond acceptors (Lipinski definition) is 11. The molecule has 1 amide bonds. The Labute approximate surface area is 354 Å². The molecule has 2 aromatic carbocycles. The van der Waals surface area contributed by atoms with Crippen LogP contribution in [-0.2, 0) is 28.5 Å². The lowest BCUT2D eigenvalue weighted by molar-refractivity contribution is -0.286. The van der Waals surface area contributed by atoms with E-state index in [1.54, 1.807) is 43.0 Å². The summed E-state index contributed by atoms with van der Waals surface area (Å²) in [6.45, 7) is 15.8. The predicted molar refractivity (Wildman–Crippen MR) is 224 cm³/mol. The minimum atomic E-state index is -1.20. The third kappa shape index (κ3) is 9.27. The normalized spacial score (nSPS) is 36.3. The predicted octanol–water partition coefficient (Wildman–Crippen LogP) is 7.05. The fourth-order valence-corrected chi connectivity index (χ4v) is 10.1. The number of esters is 1. The number of hydrogen-bond donors (Lipinski definition) is 1. The zero-order valence-electron chi connectivity index (χ0n) is 36.6. The number of fused-ring (bicyclic) bond motifs is 1. The Hall–Kier alpha value is -4.35. The van der Waals surface area contributed by atoms with Gasteiger partial charge in [-0.2, -0.15) is 0 Å². The van der Waals surface area contributed by atoms with Gasteiger partial charge in [-0.3, -0.25) is 19.5 Å². The van der Waals surface area contributed by atoms with Crippen LogP contribution >= 0.6 is 0 Å². The molecule has 0 spiro atoms. The van der Waals surface area contributed by atoms with Crippen molar-refractivity contribution >= 4 is 23.6 Å². The van der Waals surface area contributed by atoms with Crippen LogP contribution in [-0.4, -0.2) is 114 Å². The molecular weight excluding hydrogens is 770 g/mol. The molecule has 2 bridgehead atoms. The summed E-state index contributed by atoms with van der Waals surface area (Å²) in [4.78, 5) is 51.0. The molecule has 0 aliphatic carbocycles. The van der Waals surface area contributed by atoms with Crippen molar-refractivity contribution < 1.29 is 47.6 Å². The lowest BCUT2D eigenvalue weighted by Crippen LogP contribution is -2.58. The highest BCUT2D eigenvalue weighted by Gasteiger charge is 2.60. The first-order valence-electron chi connectivity index (χ1n) is 21.3. The smallest absolute Gasteiger partial charge is 0.410 e. The average Bonchev–Trinajstić information content (AvgIpc) is 3.32. The molecule has 4 aliphatic rings. The Kier molecular flexibility index (Phi) is 13.8. The topological polar surface area (TPSA) is 136 Å². The highest BCUT2D eigenvalue weighted by molar-refractivity contribution is 6.00. The van der Waals surface area contributed by atoms with Gasteiger partial charge in [0.25, 0.3) is 0 Å². The number of carbonyl (C=O) groups is 3. The molecule has 12 nitrogen and oxygen atoms in total. The van der Waals surface area contributed by atoms with Crippen LogP contribution in [0.25, 0.3) is 0 Å². The van der Waals surface area contributed by atoms with Gasteiger partial charge in [0.15, 0.2) is 17.7 Å². The third-order valence-electron chi connectivity index (χ3n) is 13.1. The van der Waals surface area contributed by atoms with Gasteiger partial charge in [-0.15, -0.1) is 0 Å². The minimum absolute atomic E-state index is 0.197. The molecule has 2 aromatic rings. The van der Waals surface area contributed by atoms with Crippen molar-refractivity contribution in [3.63, 3.8) is 0 Å². The molecule has 13 heteroatoms.